The third-order valence-electron chi connectivity index (χ3n) is 6.40. The summed E-state index contributed by atoms with van der Waals surface area (Å²) in [4.78, 5) is 25.9. The second-order valence-electron chi connectivity index (χ2n) is 8.81. The van der Waals surface area contributed by atoms with Crippen molar-refractivity contribution in [1.82, 2.24) is 29.8 Å². The molecule has 32 heavy (non-hydrogen) atoms. The number of nitrogens with zero attached hydrogens (tertiary/aromatic N) is 6. The summed E-state index contributed by atoms with van der Waals surface area (Å²) in [6.45, 7) is 3.96. The maximum atomic E-state index is 12.9. The van der Waals surface area contributed by atoms with Gasteiger partial charge in [-0.25, -0.2) is 14.5 Å². The van der Waals surface area contributed by atoms with Crippen LogP contribution < -0.4 is 15.5 Å². The first kappa shape index (κ1) is 20.7. The Morgan fingerprint density at radius 2 is 1.91 bits per heavy atom. The maximum Gasteiger partial charge on any atom is 0.255 e. The van der Waals surface area contributed by atoms with Crippen molar-refractivity contribution in [1.29, 1.82) is 0 Å². The van der Waals surface area contributed by atoms with Gasteiger partial charge in [0.25, 0.3) is 5.91 Å². The minimum atomic E-state index is 0.0112. The van der Waals surface area contributed by atoms with E-state index in [4.69, 9.17) is 5.10 Å². The zero-order valence-corrected chi connectivity index (χ0v) is 18.7. The molecule has 1 aliphatic carbocycles. The van der Waals surface area contributed by atoms with Gasteiger partial charge < -0.3 is 20.4 Å². The van der Waals surface area contributed by atoms with E-state index in [1.165, 1.54) is 12.8 Å². The lowest BCUT2D eigenvalue weighted by Crippen LogP contribution is -2.43. The molecule has 0 atom stereocenters. The molecule has 5 rings (SSSR count). The molecule has 0 aromatic carbocycles. The van der Waals surface area contributed by atoms with Gasteiger partial charge in [-0.1, -0.05) is 12.8 Å². The van der Waals surface area contributed by atoms with Gasteiger partial charge >= 0.3 is 0 Å². The Labute approximate surface area is 187 Å². The fourth-order valence-electron chi connectivity index (χ4n) is 4.73. The summed E-state index contributed by atoms with van der Waals surface area (Å²) >= 11 is 0. The summed E-state index contributed by atoms with van der Waals surface area (Å²) in [5.74, 6) is 1.52. The van der Waals surface area contributed by atoms with Crippen molar-refractivity contribution in [2.24, 2.45) is 0 Å². The van der Waals surface area contributed by atoms with Crippen molar-refractivity contribution in [3.05, 3.63) is 41.9 Å². The van der Waals surface area contributed by atoms with E-state index in [0.29, 0.717) is 17.7 Å². The molecule has 1 aliphatic heterocycles. The highest BCUT2D eigenvalue weighted by Gasteiger charge is 2.28. The van der Waals surface area contributed by atoms with E-state index in [1.807, 2.05) is 22.8 Å². The predicted molar refractivity (Wildman–Crippen MR) is 125 cm³/mol. The molecule has 2 fully saturated rings. The highest BCUT2D eigenvalue weighted by molar-refractivity contribution is 5.97. The zero-order valence-electron chi connectivity index (χ0n) is 18.7. The number of amides is 1. The van der Waals surface area contributed by atoms with Gasteiger partial charge in [0.05, 0.1) is 34.9 Å². The predicted octanol–water partition coefficient (Wildman–Crippen LogP) is 2.64. The van der Waals surface area contributed by atoms with Crippen LogP contribution in [-0.2, 0) is 0 Å². The number of piperazine rings is 1. The third kappa shape index (κ3) is 4.00. The minimum absolute atomic E-state index is 0.0112. The van der Waals surface area contributed by atoms with Gasteiger partial charge in [-0.15, -0.1) is 5.10 Å². The van der Waals surface area contributed by atoms with Crippen LogP contribution in [0.4, 0.5) is 17.5 Å². The second-order valence-corrected chi connectivity index (χ2v) is 8.81. The molecular weight excluding hydrogens is 404 g/mol. The van der Waals surface area contributed by atoms with Crippen LogP contribution in [0.1, 0.15) is 47.7 Å². The third-order valence-corrected chi connectivity index (χ3v) is 6.40. The Bertz CT molecular complexity index is 1100. The largest absolute Gasteiger partial charge is 0.368 e. The first-order valence-corrected chi connectivity index (χ1v) is 11.4. The fourth-order valence-corrected chi connectivity index (χ4v) is 4.73. The van der Waals surface area contributed by atoms with E-state index in [-0.39, 0.29) is 5.91 Å². The normalized spacial score (nSPS) is 17.1. The molecule has 1 amide bonds. The molecule has 3 aromatic rings. The van der Waals surface area contributed by atoms with Gasteiger partial charge in [0, 0.05) is 46.2 Å². The molecule has 2 aliphatic rings. The van der Waals surface area contributed by atoms with E-state index >= 15 is 0 Å². The number of hydrogen-bond donors (Lipinski definition) is 2. The number of fused-ring (bicyclic) bond motifs is 1. The van der Waals surface area contributed by atoms with E-state index in [9.17, 15) is 4.79 Å². The number of aromatic nitrogens is 4. The molecule has 4 heterocycles. The molecular formula is C23H30N8O. The number of hydrogen-bond acceptors (Lipinski definition) is 7. The summed E-state index contributed by atoms with van der Waals surface area (Å²) in [5.41, 5.74) is 3.69. The number of nitrogens with one attached hydrogen (secondary N) is 2. The summed E-state index contributed by atoms with van der Waals surface area (Å²) in [7, 11) is 3.58. The number of carbonyl (C=O) groups is 1. The van der Waals surface area contributed by atoms with E-state index < -0.39 is 0 Å². The van der Waals surface area contributed by atoms with E-state index in [0.717, 1.165) is 61.5 Å². The summed E-state index contributed by atoms with van der Waals surface area (Å²) in [6, 6.07) is 5.95. The Morgan fingerprint density at radius 3 is 2.59 bits per heavy atom. The average molecular weight is 435 g/mol. The van der Waals surface area contributed by atoms with Crippen LogP contribution >= 0.6 is 0 Å². The molecule has 0 bridgehead atoms. The molecule has 0 radical (unpaired) electrons. The van der Waals surface area contributed by atoms with Crippen LogP contribution in [0, 0.1) is 0 Å². The van der Waals surface area contributed by atoms with E-state index in [1.54, 1.807) is 25.2 Å². The van der Waals surface area contributed by atoms with Gasteiger partial charge in [0.15, 0.2) is 0 Å². The number of anilines is 3. The van der Waals surface area contributed by atoms with Crippen molar-refractivity contribution in [3.63, 3.8) is 0 Å². The Kier molecular flexibility index (Phi) is 5.65. The van der Waals surface area contributed by atoms with Crippen LogP contribution in [0.25, 0.3) is 5.52 Å². The molecule has 1 saturated carbocycles. The van der Waals surface area contributed by atoms with Crippen molar-refractivity contribution in [2.75, 3.05) is 50.5 Å². The molecule has 168 valence electrons. The maximum absolute atomic E-state index is 12.9. The Hall–Kier alpha value is -3.20. The van der Waals surface area contributed by atoms with Crippen molar-refractivity contribution >= 4 is 28.9 Å². The zero-order chi connectivity index (χ0) is 22.1. The lowest BCUT2D eigenvalue weighted by Gasteiger charge is -2.29. The van der Waals surface area contributed by atoms with Crippen molar-refractivity contribution < 1.29 is 4.79 Å². The quantitative estimate of drug-likeness (QED) is 0.638. The van der Waals surface area contributed by atoms with Crippen molar-refractivity contribution in [3.8, 4) is 0 Å². The monoisotopic (exact) mass is 434 g/mol. The van der Waals surface area contributed by atoms with Gasteiger partial charge in [0.1, 0.15) is 5.82 Å². The molecule has 0 spiro atoms. The minimum Gasteiger partial charge on any atom is -0.368 e. The number of carbonyl (C=O) groups excluding carboxylic acids is 1. The smallest absolute Gasteiger partial charge is 0.255 e. The standard InChI is InChI=1S/C23H30N8O/c1-29(2)22(32)19-13-18-15-26-23(28-31(18)21(19)16-5-3-4-6-16)27-20-8-7-17(14-25-20)30-11-9-24-10-12-30/h7-8,13-16,24H,3-6,9-12H2,1-2H3,(H,25,27,28). The fraction of sp³-hybridized carbons (Fsp3) is 0.478. The molecule has 2 N–H and O–H groups in total. The van der Waals surface area contributed by atoms with Crippen molar-refractivity contribution in [2.45, 2.75) is 31.6 Å². The van der Waals surface area contributed by atoms with Gasteiger partial charge in [-0.05, 0) is 31.0 Å². The molecule has 3 aromatic heterocycles. The van der Waals surface area contributed by atoms with Gasteiger partial charge in [0.2, 0.25) is 5.95 Å². The highest BCUT2D eigenvalue weighted by atomic mass is 16.2. The summed E-state index contributed by atoms with van der Waals surface area (Å²) in [6.07, 6.45) is 8.21. The Balaban J connectivity index is 1.43. The van der Waals surface area contributed by atoms with Crippen LogP contribution in [0.5, 0.6) is 0 Å². The second kappa shape index (κ2) is 8.74. The lowest BCUT2D eigenvalue weighted by molar-refractivity contribution is 0.0826. The molecule has 0 unspecified atom stereocenters. The summed E-state index contributed by atoms with van der Waals surface area (Å²) < 4.78 is 1.90. The first-order valence-electron chi connectivity index (χ1n) is 11.4. The van der Waals surface area contributed by atoms with Crippen LogP contribution in [-0.4, -0.2) is 70.7 Å². The highest BCUT2D eigenvalue weighted by Crippen LogP contribution is 2.37. The topological polar surface area (TPSA) is 90.7 Å². The van der Waals surface area contributed by atoms with Crippen LogP contribution in [0.2, 0.25) is 0 Å². The molecule has 9 heteroatoms. The molecule has 9 nitrogen and oxygen atoms in total. The first-order chi connectivity index (χ1) is 15.6. The van der Waals surface area contributed by atoms with Crippen LogP contribution in [0.3, 0.4) is 0 Å². The van der Waals surface area contributed by atoms with Crippen LogP contribution in [0.15, 0.2) is 30.6 Å². The molecule has 1 saturated heterocycles. The van der Waals surface area contributed by atoms with E-state index in [2.05, 4.69) is 31.6 Å². The lowest BCUT2D eigenvalue weighted by atomic mass is 10.00. The average Bonchev–Trinajstić information content (AvgIpc) is 3.47. The number of pyridine rings is 1. The Morgan fingerprint density at radius 1 is 1.12 bits per heavy atom. The number of rotatable bonds is 5. The SMILES string of the molecule is CN(C)C(=O)c1cc2cnc(Nc3ccc(N4CCNCC4)cn3)nn2c1C1CCCC1. The van der Waals surface area contributed by atoms with Gasteiger partial charge in [-0.3, -0.25) is 4.79 Å². The van der Waals surface area contributed by atoms with Gasteiger partial charge in [-0.2, -0.15) is 0 Å². The summed E-state index contributed by atoms with van der Waals surface area (Å²) in [5, 5.41) is 11.3.